The SMILES string of the molecule is COc1cc(NC(=O)OCc2ccc(CCC(=O)O)cc2O[Si](C)(C)C(C)(C)C)ccc1C(F)F. The Bertz CT molecular complexity index is 1050. The third kappa shape index (κ3) is 7.95. The van der Waals surface area contributed by atoms with Crippen molar-refractivity contribution in [2.75, 3.05) is 12.4 Å². The lowest BCUT2D eigenvalue weighted by Crippen LogP contribution is -2.44. The number of ether oxygens (including phenoxy) is 2. The van der Waals surface area contributed by atoms with Gasteiger partial charge in [-0.15, -0.1) is 0 Å². The van der Waals surface area contributed by atoms with Crippen molar-refractivity contribution in [3.8, 4) is 11.5 Å². The molecular weight excluding hydrogens is 476 g/mol. The summed E-state index contributed by atoms with van der Waals surface area (Å²) in [5.74, 6) is -0.380. The van der Waals surface area contributed by atoms with E-state index in [4.69, 9.17) is 19.0 Å². The van der Waals surface area contributed by atoms with Crippen molar-refractivity contribution in [1.82, 2.24) is 0 Å². The summed E-state index contributed by atoms with van der Waals surface area (Å²) >= 11 is 0. The molecule has 0 atom stereocenters. The number of halogens is 2. The van der Waals surface area contributed by atoms with Crippen molar-refractivity contribution in [2.45, 2.75) is 64.8 Å². The average molecular weight is 510 g/mol. The van der Waals surface area contributed by atoms with Crippen molar-refractivity contribution in [3.05, 3.63) is 53.1 Å². The first-order valence-corrected chi connectivity index (χ1v) is 14.1. The standard InChI is InChI=1S/C25H33F2NO6Si/c1-25(2,3)35(5,6)34-20-13-16(8-12-22(29)30)7-9-17(20)15-33-24(31)28-18-10-11-19(23(26)27)21(14-18)32-4/h7,9-11,13-14,23H,8,12,15H2,1-6H3,(H,28,31)(H,29,30). The molecular formula is C25H33F2NO6Si. The van der Waals surface area contributed by atoms with Crippen LogP contribution in [0.2, 0.25) is 18.1 Å². The Morgan fingerprint density at radius 2 is 1.77 bits per heavy atom. The minimum Gasteiger partial charge on any atom is -0.543 e. The zero-order valence-electron chi connectivity index (χ0n) is 20.9. The van der Waals surface area contributed by atoms with Gasteiger partial charge in [0.05, 0.1) is 12.7 Å². The number of carboxylic acids is 1. The molecule has 0 bridgehead atoms. The van der Waals surface area contributed by atoms with Crippen molar-refractivity contribution in [1.29, 1.82) is 0 Å². The molecule has 192 valence electrons. The number of carbonyl (C=O) groups excluding carboxylic acids is 1. The highest BCUT2D eigenvalue weighted by atomic mass is 28.4. The minimum atomic E-state index is -2.70. The maximum atomic E-state index is 13.0. The summed E-state index contributed by atoms with van der Waals surface area (Å²) in [6, 6.07) is 9.16. The molecule has 0 radical (unpaired) electrons. The van der Waals surface area contributed by atoms with Gasteiger partial charge in [-0.1, -0.05) is 32.9 Å². The van der Waals surface area contributed by atoms with Crippen LogP contribution in [0, 0.1) is 0 Å². The molecule has 35 heavy (non-hydrogen) atoms. The van der Waals surface area contributed by atoms with Crippen LogP contribution in [-0.4, -0.2) is 32.6 Å². The summed E-state index contributed by atoms with van der Waals surface area (Å²) in [5.41, 5.74) is 1.41. The van der Waals surface area contributed by atoms with Crippen LogP contribution in [0.15, 0.2) is 36.4 Å². The number of carboxylic acid groups (broad SMARTS) is 1. The van der Waals surface area contributed by atoms with Crippen LogP contribution in [0.25, 0.3) is 0 Å². The van der Waals surface area contributed by atoms with E-state index in [2.05, 4.69) is 39.2 Å². The van der Waals surface area contributed by atoms with E-state index in [0.717, 1.165) is 5.56 Å². The van der Waals surface area contributed by atoms with Crippen LogP contribution < -0.4 is 14.5 Å². The summed E-state index contributed by atoms with van der Waals surface area (Å²) in [5, 5.41) is 11.4. The second kappa shape index (κ2) is 11.5. The molecule has 10 heteroatoms. The number of aliphatic carboxylic acids is 1. The predicted molar refractivity (Wildman–Crippen MR) is 132 cm³/mol. The molecule has 2 rings (SSSR count). The first-order chi connectivity index (χ1) is 16.2. The van der Waals surface area contributed by atoms with E-state index in [1.54, 1.807) is 18.2 Å². The molecule has 0 aromatic heterocycles. The Balaban J connectivity index is 2.18. The zero-order valence-corrected chi connectivity index (χ0v) is 21.9. The van der Waals surface area contributed by atoms with E-state index in [-0.39, 0.29) is 35.1 Å². The lowest BCUT2D eigenvalue weighted by molar-refractivity contribution is -0.136. The van der Waals surface area contributed by atoms with E-state index in [1.807, 2.05) is 0 Å². The number of hydrogen-bond donors (Lipinski definition) is 2. The molecule has 0 aliphatic heterocycles. The maximum absolute atomic E-state index is 13.0. The third-order valence-corrected chi connectivity index (χ3v) is 10.3. The Hall–Kier alpha value is -3.14. The molecule has 2 aromatic carbocycles. The van der Waals surface area contributed by atoms with Crippen LogP contribution in [0.1, 0.15) is 50.3 Å². The molecule has 0 fully saturated rings. The summed E-state index contributed by atoms with van der Waals surface area (Å²) in [6.07, 6.45) is -3.14. The topological polar surface area (TPSA) is 94.1 Å². The summed E-state index contributed by atoms with van der Waals surface area (Å²) in [6.45, 7) is 10.4. The number of methoxy groups -OCH3 is 1. The fourth-order valence-corrected chi connectivity index (χ4v) is 3.96. The maximum Gasteiger partial charge on any atom is 0.411 e. The van der Waals surface area contributed by atoms with E-state index >= 15 is 0 Å². The van der Waals surface area contributed by atoms with Crippen molar-refractivity contribution in [2.24, 2.45) is 0 Å². The number of benzene rings is 2. The molecule has 2 aromatic rings. The number of hydrogen-bond acceptors (Lipinski definition) is 5. The van der Waals surface area contributed by atoms with Gasteiger partial charge in [0.25, 0.3) is 6.43 Å². The number of amides is 1. The second-order valence-electron chi connectivity index (χ2n) is 9.66. The first kappa shape index (κ1) is 28.1. The number of carbonyl (C=O) groups is 2. The summed E-state index contributed by atoms with van der Waals surface area (Å²) in [4.78, 5) is 23.4. The van der Waals surface area contributed by atoms with E-state index < -0.39 is 26.8 Å². The number of aryl methyl sites for hydroxylation is 1. The van der Waals surface area contributed by atoms with Gasteiger partial charge in [0.2, 0.25) is 8.32 Å². The number of nitrogens with one attached hydrogen (secondary N) is 1. The Kier molecular flexibility index (Phi) is 9.25. The van der Waals surface area contributed by atoms with Crippen molar-refractivity contribution < 1.29 is 37.4 Å². The van der Waals surface area contributed by atoms with Crippen LogP contribution in [0.3, 0.4) is 0 Å². The Morgan fingerprint density at radius 1 is 1.09 bits per heavy atom. The normalized spacial score (nSPS) is 11.8. The van der Waals surface area contributed by atoms with Gasteiger partial charge in [-0.05, 0) is 48.3 Å². The molecule has 1 amide bonds. The lowest BCUT2D eigenvalue weighted by atomic mass is 10.1. The zero-order chi connectivity index (χ0) is 26.4. The molecule has 0 unspecified atom stereocenters. The number of anilines is 1. The second-order valence-corrected chi connectivity index (χ2v) is 14.4. The van der Waals surface area contributed by atoms with Crippen molar-refractivity contribution in [3.63, 3.8) is 0 Å². The number of alkyl halides is 2. The van der Waals surface area contributed by atoms with Crippen LogP contribution in [0.5, 0.6) is 11.5 Å². The quantitative estimate of drug-likeness (QED) is 0.343. The molecule has 0 spiro atoms. The largest absolute Gasteiger partial charge is 0.543 e. The molecule has 0 saturated heterocycles. The van der Waals surface area contributed by atoms with Crippen molar-refractivity contribution >= 4 is 26.1 Å². The van der Waals surface area contributed by atoms with E-state index in [1.165, 1.54) is 25.3 Å². The van der Waals surface area contributed by atoms with Gasteiger partial charge in [0, 0.05) is 23.7 Å². The van der Waals surface area contributed by atoms with Gasteiger partial charge < -0.3 is 19.0 Å². The molecule has 7 nitrogen and oxygen atoms in total. The van der Waals surface area contributed by atoms with Gasteiger partial charge in [0.1, 0.15) is 18.1 Å². The molecule has 0 aliphatic carbocycles. The van der Waals surface area contributed by atoms with Gasteiger partial charge >= 0.3 is 12.1 Å². The lowest BCUT2D eigenvalue weighted by Gasteiger charge is -2.37. The highest BCUT2D eigenvalue weighted by molar-refractivity contribution is 6.74. The average Bonchev–Trinajstić information content (AvgIpc) is 2.75. The van der Waals surface area contributed by atoms with Crippen LogP contribution in [-0.2, 0) is 22.6 Å². The smallest absolute Gasteiger partial charge is 0.411 e. The minimum absolute atomic E-state index is 0.00834. The highest BCUT2D eigenvalue weighted by Crippen LogP contribution is 2.39. The van der Waals surface area contributed by atoms with Gasteiger partial charge in [-0.3, -0.25) is 10.1 Å². The Labute approximate surface area is 205 Å². The van der Waals surface area contributed by atoms with E-state index in [9.17, 15) is 18.4 Å². The molecule has 0 saturated carbocycles. The molecule has 0 aliphatic rings. The highest BCUT2D eigenvalue weighted by Gasteiger charge is 2.39. The summed E-state index contributed by atoms with van der Waals surface area (Å²) < 4.78 is 42.9. The number of rotatable bonds is 10. The molecule has 0 heterocycles. The summed E-state index contributed by atoms with van der Waals surface area (Å²) in [7, 11) is -0.964. The third-order valence-electron chi connectivity index (χ3n) is 6.00. The van der Waals surface area contributed by atoms with Crippen LogP contribution >= 0.6 is 0 Å². The monoisotopic (exact) mass is 509 g/mol. The molecule has 2 N–H and O–H groups in total. The van der Waals surface area contributed by atoms with E-state index in [0.29, 0.717) is 17.7 Å². The fraction of sp³-hybridized carbons (Fsp3) is 0.440. The van der Waals surface area contributed by atoms with Gasteiger partial charge in [-0.2, -0.15) is 0 Å². The van der Waals surface area contributed by atoms with Gasteiger partial charge in [-0.25, -0.2) is 13.6 Å². The Morgan fingerprint density at radius 3 is 2.34 bits per heavy atom. The van der Waals surface area contributed by atoms with Gasteiger partial charge in [0.15, 0.2) is 0 Å². The fourth-order valence-electron chi connectivity index (χ4n) is 2.91. The van der Waals surface area contributed by atoms with Crippen LogP contribution in [0.4, 0.5) is 19.3 Å². The first-order valence-electron chi connectivity index (χ1n) is 11.2. The predicted octanol–water partition coefficient (Wildman–Crippen LogP) is 6.78.